The van der Waals surface area contributed by atoms with Crippen molar-refractivity contribution in [3.63, 3.8) is 0 Å². The van der Waals surface area contributed by atoms with Crippen molar-refractivity contribution in [1.29, 1.82) is 0 Å². The van der Waals surface area contributed by atoms with E-state index in [0.29, 0.717) is 34.1 Å². The predicted molar refractivity (Wildman–Crippen MR) is 107 cm³/mol. The first-order valence-corrected chi connectivity index (χ1v) is 9.51. The van der Waals surface area contributed by atoms with Crippen molar-refractivity contribution in [2.45, 2.75) is 37.6 Å². The standard InChI is InChI=1S/C22H23N3O4/c1-12-19(20(27)25-22(2,11-26)21(23)28)16-9-13(6-7-18(16)29-12)14-10-15(14)17-5-3-4-8-24-17/h3-9,14-15,26H,10-11H2,1-2H3,(H2,23,28)(H,25,27)/t14?,15?,22-/m0/s1. The van der Waals surface area contributed by atoms with Gasteiger partial charge < -0.3 is 20.6 Å². The highest BCUT2D eigenvalue weighted by molar-refractivity contribution is 6.09. The Morgan fingerprint density at radius 2 is 2.10 bits per heavy atom. The van der Waals surface area contributed by atoms with Gasteiger partial charge >= 0.3 is 0 Å². The zero-order chi connectivity index (χ0) is 20.8. The minimum atomic E-state index is -1.55. The molecule has 2 heterocycles. The fourth-order valence-corrected chi connectivity index (χ4v) is 3.73. The molecule has 0 aliphatic heterocycles. The van der Waals surface area contributed by atoms with Gasteiger partial charge in [0.05, 0.1) is 12.2 Å². The number of nitrogens with zero attached hydrogens (tertiary/aromatic N) is 1. The average molecular weight is 393 g/mol. The highest BCUT2D eigenvalue weighted by Crippen LogP contribution is 2.54. The van der Waals surface area contributed by atoms with Gasteiger partial charge in [-0.15, -0.1) is 0 Å². The number of aromatic nitrogens is 1. The number of rotatable bonds is 6. The number of fused-ring (bicyclic) bond motifs is 1. The van der Waals surface area contributed by atoms with Crippen LogP contribution in [0.25, 0.3) is 11.0 Å². The number of nitrogens with one attached hydrogen (secondary N) is 1. The van der Waals surface area contributed by atoms with Gasteiger partial charge in [-0.3, -0.25) is 14.6 Å². The molecule has 0 radical (unpaired) electrons. The molecule has 2 aromatic heterocycles. The van der Waals surface area contributed by atoms with Crippen LogP contribution in [0.5, 0.6) is 0 Å². The third-order valence-electron chi connectivity index (χ3n) is 5.65. The van der Waals surface area contributed by atoms with Crippen molar-refractivity contribution in [3.8, 4) is 0 Å². The van der Waals surface area contributed by atoms with Crippen LogP contribution in [0.2, 0.25) is 0 Å². The van der Waals surface area contributed by atoms with Crippen LogP contribution < -0.4 is 11.1 Å². The molecule has 3 aromatic rings. The summed E-state index contributed by atoms with van der Waals surface area (Å²) in [5.41, 5.74) is 6.90. The van der Waals surface area contributed by atoms with Gasteiger partial charge in [0.2, 0.25) is 5.91 Å². The van der Waals surface area contributed by atoms with Gasteiger partial charge in [0.25, 0.3) is 5.91 Å². The van der Waals surface area contributed by atoms with E-state index in [-0.39, 0.29) is 0 Å². The Bertz CT molecular complexity index is 1090. The lowest BCUT2D eigenvalue weighted by Crippen LogP contribution is -2.57. The third kappa shape index (κ3) is 3.38. The van der Waals surface area contributed by atoms with Crippen LogP contribution in [0, 0.1) is 6.92 Å². The second kappa shape index (κ2) is 7.00. The Morgan fingerprint density at radius 1 is 1.31 bits per heavy atom. The van der Waals surface area contributed by atoms with Gasteiger partial charge in [0, 0.05) is 23.2 Å². The molecule has 7 nitrogen and oxygen atoms in total. The predicted octanol–water partition coefficient (Wildman–Crippen LogP) is 2.37. The third-order valence-corrected chi connectivity index (χ3v) is 5.65. The summed E-state index contributed by atoms with van der Waals surface area (Å²) in [6.07, 6.45) is 2.80. The number of aryl methyl sites for hydroxylation is 1. The van der Waals surface area contributed by atoms with Crippen molar-refractivity contribution < 1.29 is 19.1 Å². The fourth-order valence-electron chi connectivity index (χ4n) is 3.73. The summed E-state index contributed by atoms with van der Waals surface area (Å²) < 4.78 is 5.74. The number of furan rings is 1. The van der Waals surface area contributed by atoms with Crippen molar-refractivity contribution in [2.24, 2.45) is 5.73 Å². The van der Waals surface area contributed by atoms with E-state index in [1.54, 1.807) is 13.1 Å². The zero-order valence-corrected chi connectivity index (χ0v) is 16.3. The Hall–Kier alpha value is -3.19. The molecule has 7 heteroatoms. The number of aliphatic hydroxyl groups excluding tert-OH is 1. The molecule has 3 atom stereocenters. The molecule has 4 rings (SSSR count). The van der Waals surface area contributed by atoms with Crippen LogP contribution in [-0.4, -0.2) is 34.1 Å². The fraction of sp³-hybridized carbons (Fsp3) is 0.318. The number of carbonyl (C=O) groups is 2. The van der Waals surface area contributed by atoms with E-state index in [1.807, 2.05) is 36.4 Å². The van der Waals surface area contributed by atoms with E-state index in [4.69, 9.17) is 10.2 Å². The molecule has 1 aromatic carbocycles. The van der Waals surface area contributed by atoms with Gasteiger partial charge in [-0.05, 0) is 56.0 Å². The van der Waals surface area contributed by atoms with Crippen molar-refractivity contribution in [3.05, 3.63) is 65.2 Å². The van der Waals surface area contributed by atoms with E-state index in [0.717, 1.165) is 17.7 Å². The molecule has 1 fully saturated rings. The zero-order valence-electron chi connectivity index (χ0n) is 16.3. The topological polar surface area (TPSA) is 118 Å². The molecule has 1 saturated carbocycles. The average Bonchev–Trinajstić information content (AvgIpc) is 3.44. The van der Waals surface area contributed by atoms with E-state index < -0.39 is 24.0 Å². The maximum absolute atomic E-state index is 12.9. The number of nitrogens with two attached hydrogens (primary N) is 1. The lowest BCUT2D eigenvalue weighted by molar-refractivity contribution is -0.124. The van der Waals surface area contributed by atoms with Gasteiger partial charge in [0.1, 0.15) is 16.9 Å². The molecular formula is C22H23N3O4. The first-order chi connectivity index (χ1) is 13.8. The van der Waals surface area contributed by atoms with Crippen LogP contribution in [-0.2, 0) is 4.79 Å². The van der Waals surface area contributed by atoms with Gasteiger partial charge in [-0.1, -0.05) is 12.1 Å². The van der Waals surface area contributed by atoms with Gasteiger partial charge in [-0.2, -0.15) is 0 Å². The van der Waals surface area contributed by atoms with Crippen molar-refractivity contribution in [1.82, 2.24) is 10.3 Å². The normalized spacial score (nSPS) is 20.2. The first kappa shape index (κ1) is 19.1. The molecule has 0 saturated heterocycles. The smallest absolute Gasteiger partial charge is 0.256 e. The quantitative estimate of drug-likeness (QED) is 0.594. The molecule has 2 amide bonds. The Labute approximate surface area is 167 Å². The van der Waals surface area contributed by atoms with Gasteiger partial charge in [-0.25, -0.2) is 0 Å². The van der Waals surface area contributed by atoms with Crippen molar-refractivity contribution >= 4 is 22.8 Å². The number of primary amides is 1. The largest absolute Gasteiger partial charge is 0.461 e. The summed E-state index contributed by atoms with van der Waals surface area (Å²) in [4.78, 5) is 29.0. The Kier molecular flexibility index (Phi) is 4.62. The van der Waals surface area contributed by atoms with Crippen LogP contribution >= 0.6 is 0 Å². The monoisotopic (exact) mass is 393 g/mol. The summed E-state index contributed by atoms with van der Waals surface area (Å²) in [6, 6.07) is 11.8. The number of pyridine rings is 1. The number of aliphatic hydroxyl groups is 1. The van der Waals surface area contributed by atoms with E-state index >= 15 is 0 Å². The highest BCUT2D eigenvalue weighted by atomic mass is 16.3. The molecule has 1 aliphatic carbocycles. The van der Waals surface area contributed by atoms with Crippen LogP contribution in [0.15, 0.2) is 47.0 Å². The summed E-state index contributed by atoms with van der Waals surface area (Å²) in [5, 5.41) is 12.7. The molecule has 1 aliphatic rings. The minimum Gasteiger partial charge on any atom is -0.461 e. The maximum Gasteiger partial charge on any atom is 0.256 e. The number of amides is 2. The summed E-state index contributed by atoms with van der Waals surface area (Å²) in [6.45, 7) is 2.49. The summed E-state index contributed by atoms with van der Waals surface area (Å²) in [7, 11) is 0. The molecule has 29 heavy (non-hydrogen) atoms. The summed E-state index contributed by atoms with van der Waals surface area (Å²) >= 11 is 0. The van der Waals surface area contributed by atoms with Crippen LogP contribution in [0.1, 0.15) is 52.6 Å². The van der Waals surface area contributed by atoms with Gasteiger partial charge in [0.15, 0.2) is 0 Å². The molecule has 2 unspecified atom stereocenters. The Balaban J connectivity index is 1.66. The van der Waals surface area contributed by atoms with Crippen LogP contribution in [0.3, 0.4) is 0 Å². The second-order valence-electron chi connectivity index (χ2n) is 7.80. The number of carbonyl (C=O) groups excluding carboxylic acids is 2. The molecule has 0 spiro atoms. The maximum atomic E-state index is 12.9. The van der Waals surface area contributed by atoms with E-state index in [2.05, 4.69) is 10.3 Å². The lowest BCUT2D eigenvalue weighted by atomic mass is 10.00. The summed E-state index contributed by atoms with van der Waals surface area (Å²) in [5.74, 6) is -0.168. The van der Waals surface area contributed by atoms with Crippen molar-refractivity contribution in [2.75, 3.05) is 6.61 Å². The lowest BCUT2D eigenvalue weighted by Gasteiger charge is -2.24. The van der Waals surface area contributed by atoms with E-state index in [9.17, 15) is 14.7 Å². The Morgan fingerprint density at radius 3 is 2.76 bits per heavy atom. The minimum absolute atomic E-state index is 0.341. The van der Waals surface area contributed by atoms with Crippen LogP contribution in [0.4, 0.5) is 0 Å². The number of hydrogen-bond donors (Lipinski definition) is 3. The molecule has 4 N–H and O–H groups in total. The first-order valence-electron chi connectivity index (χ1n) is 9.51. The highest BCUT2D eigenvalue weighted by Gasteiger charge is 2.41. The molecule has 0 bridgehead atoms. The SMILES string of the molecule is Cc1oc2ccc(C3CC3c3ccccn3)cc2c1C(=O)N[C@@](C)(CO)C(N)=O. The molecule has 150 valence electrons. The number of benzene rings is 1. The van der Waals surface area contributed by atoms with E-state index in [1.165, 1.54) is 6.92 Å². The number of hydrogen-bond acceptors (Lipinski definition) is 5. The second-order valence-corrected chi connectivity index (χ2v) is 7.80. The molecular weight excluding hydrogens is 370 g/mol.